The standard InChI is InChI=1S/C9H22N2/c1-4-9(3)11-7-5-6-8(2)10/h8-9,11H,4-7,10H2,1-3H3. The molecule has 0 aromatic carbocycles. The van der Waals surface area contributed by atoms with Crippen molar-refractivity contribution in [2.45, 2.75) is 52.1 Å². The predicted molar refractivity (Wildman–Crippen MR) is 50.6 cm³/mol. The summed E-state index contributed by atoms with van der Waals surface area (Å²) in [5, 5.41) is 3.43. The van der Waals surface area contributed by atoms with E-state index in [1.54, 1.807) is 0 Å². The van der Waals surface area contributed by atoms with Gasteiger partial charge in [-0.2, -0.15) is 0 Å². The lowest BCUT2D eigenvalue weighted by Crippen LogP contribution is -2.27. The van der Waals surface area contributed by atoms with E-state index >= 15 is 0 Å². The highest BCUT2D eigenvalue weighted by Gasteiger charge is 1.97. The molecular weight excluding hydrogens is 136 g/mol. The minimum absolute atomic E-state index is 0.355. The fourth-order valence-electron chi connectivity index (χ4n) is 0.917. The first kappa shape index (κ1) is 10.9. The monoisotopic (exact) mass is 158 g/mol. The molecule has 0 amide bonds. The Hall–Kier alpha value is -0.0800. The predicted octanol–water partition coefficient (Wildman–Crippen LogP) is 1.50. The number of hydrogen-bond donors (Lipinski definition) is 2. The van der Waals surface area contributed by atoms with Crippen LogP contribution in [0.25, 0.3) is 0 Å². The maximum absolute atomic E-state index is 5.61. The van der Waals surface area contributed by atoms with Crippen molar-refractivity contribution in [1.29, 1.82) is 0 Å². The molecule has 0 spiro atoms. The van der Waals surface area contributed by atoms with Gasteiger partial charge >= 0.3 is 0 Å². The fourth-order valence-corrected chi connectivity index (χ4v) is 0.917. The van der Waals surface area contributed by atoms with Gasteiger partial charge in [-0.3, -0.25) is 0 Å². The van der Waals surface area contributed by atoms with Gasteiger partial charge in [-0.25, -0.2) is 0 Å². The summed E-state index contributed by atoms with van der Waals surface area (Å²) in [6.45, 7) is 7.58. The molecule has 0 heterocycles. The molecule has 0 bridgehead atoms. The maximum Gasteiger partial charge on any atom is 0.00360 e. The molecule has 2 heteroatoms. The third-order valence-corrected chi connectivity index (χ3v) is 1.94. The van der Waals surface area contributed by atoms with Crippen LogP contribution in [-0.4, -0.2) is 18.6 Å². The Morgan fingerprint density at radius 1 is 1.36 bits per heavy atom. The van der Waals surface area contributed by atoms with E-state index in [-0.39, 0.29) is 0 Å². The average Bonchev–Trinajstić information content (AvgIpc) is 1.97. The van der Waals surface area contributed by atoms with E-state index in [2.05, 4.69) is 26.1 Å². The lowest BCUT2D eigenvalue weighted by atomic mass is 10.2. The number of rotatable bonds is 6. The van der Waals surface area contributed by atoms with Crippen LogP contribution in [0.4, 0.5) is 0 Å². The highest BCUT2D eigenvalue weighted by atomic mass is 14.9. The zero-order chi connectivity index (χ0) is 8.69. The lowest BCUT2D eigenvalue weighted by molar-refractivity contribution is 0.502. The van der Waals surface area contributed by atoms with Crippen molar-refractivity contribution in [3.05, 3.63) is 0 Å². The summed E-state index contributed by atoms with van der Waals surface area (Å²) in [7, 11) is 0. The Bertz CT molecular complexity index is 81.6. The molecule has 0 aliphatic carbocycles. The van der Waals surface area contributed by atoms with Crippen LogP contribution in [0.2, 0.25) is 0 Å². The van der Waals surface area contributed by atoms with Crippen molar-refractivity contribution in [1.82, 2.24) is 5.32 Å². The van der Waals surface area contributed by atoms with Crippen molar-refractivity contribution in [2.75, 3.05) is 6.54 Å². The van der Waals surface area contributed by atoms with Crippen LogP contribution in [0.3, 0.4) is 0 Å². The minimum atomic E-state index is 0.355. The first-order valence-corrected chi connectivity index (χ1v) is 4.65. The smallest absolute Gasteiger partial charge is 0.00360 e. The number of nitrogens with one attached hydrogen (secondary N) is 1. The molecule has 0 aromatic rings. The van der Waals surface area contributed by atoms with Gasteiger partial charge < -0.3 is 11.1 Å². The third-order valence-electron chi connectivity index (χ3n) is 1.94. The van der Waals surface area contributed by atoms with Crippen molar-refractivity contribution in [2.24, 2.45) is 5.73 Å². The van der Waals surface area contributed by atoms with Crippen LogP contribution < -0.4 is 11.1 Å². The summed E-state index contributed by atoms with van der Waals surface area (Å²) in [6.07, 6.45) is 3.53. The van der Waals surface area contributed by atoms with Gasteiger partial charge in [0.05, 0.1) is 0 Å². The van der Waals surface area contributed by atoms with Crippen molar-refractivity contribution >= 4 is 0 Å². The second-order valence-electron chi connectivity index (χ2n) is 3.38. The molecule has 0 aliphatic rings. The molecule has 68 valence electrons. The van der Waals surface area contributed by atoms with E-state index in [9.17, 15) is 0 Å². The highest BCUT2D eigenvalue weighted by molar-refractivity contribution is 4.59. The van der Waals surface area contributed by atoms with Crippen LogP contribution >= 0.6 is 0 Å². The van der Waals surface area contributed by atoms with E-state index in [0.29, 0.717) is 12.1 Å². The second kappa shape index (κ2) is 6.62. The molecule has 0 saturated heterocycles. The van der Waals surface area contributed by atoms with Gasteiger partial charge in [0.15, 0.2) is 0 Å². The van der Waals surface area contributed by atoms with Gasteiger partial charge in [0.2, 0.25) is 0 Å². The third kappa shape index (κ3) is 7.82. The molecular formula is C9H22N2. The quantitative estimate of drug-likeness (QED) is 0.575. The molecule has 0 fully saturated rings. The van der Waals surface area contributed by atoms with Crippen molar-refractivity contribution < 1.29 is 0 Å². The average molecular weight is 158 g/mol. The molecule has 3 N–H and O–H groups in total. The molecule has 11 heavy (non-hydrogen) atoms. The topological polar surface area (TPSA) is 38.0 Å². The summed E-state index contributed by atoms with van der Waals surface area (Å²) in [4.78, 5) is 0. The zero-order valence-electron chi connectivity index (χ0n) is 8.06. The van der Waals surface area contributed by atoms with E-state index < -0.39 is 0 Å². The van der Waals surface area contributed by atoms with Crippen molar-refractivity contribution in [3.8, 4) is 0 Å². The summed E-state index contributed by atoms with van der Waals surface area (Å²) >= 11 is 0. The minimum Gasteiger partial charge on any atom is -0.328 e. The fraction of sp³-hybridized carbons (Fsp3) is 1.00. The zero-order valence-corrected chi connectivity index (χ0v) is 8.06. The van der Waals surface area contributed by atoms with Gasteiger partial charge in [-0.15, -0.1) is 0 Å². The molecule has 2 unspecified atom stereocenters. The van der Waals surface area contributed by atoms with Crippen LogP contribution in [0.5, 0.6) is 0 Å². The molecule has 2 atom stereocenters. The van der Waals surface area contributed by atoms with Crippen molar-refractivity contribution in [3.63, 3.8) is 0 Å². The van der Waals surface area contributed by atoms with E-state index in [1.807, 2.05) is 0 Å². The van der Waals surface area contributed by atoms with E-state index in [0.717, 1.165) is 13.0 Å². The first-order valence-electron chi connectivity index (χ1n) is 4.65. The second-order valence-corrected chi connectivity index (χ2v) is 3.38. The molecule has 0 aromatic heterocycles. The summed E-state index contributed by atoms with van der Waals surface area (Å²) in [5.41, 5.74) is 5.61. The SMILES string of the molecule is CCC(C)NCCCC(C)N. The molecule has 0 saturated carbocycles. The van der Waals surface area contributed by atoms with Gasteiger partial charge in [0.1, 0.15) is 0 Å². The number of hydrogen-bond acceptors (Lipinski definition) is 2. The van der Waals surface area contributed by atoms with E-state index in [4.69, 9.17) is 5.73 Å². The van der Waals surface area contributed by atoms with Gasteiger partial charge in [0.25, 0.3) is 0 Å². The Morgan fingerprint density at radius 3 is 2.45 bits per heavy atom. The van der Waals surface area contributed by atoms with Gasteiger partial charge in [-0.05, 0) is 39.7 Å². The normalized spacial score (nSPS) is 16.4. The summed E-state index contributed by atoms with van der Waals surface area (Å²) in [5.74, 6) is 0. The Labute approximate surface area is 70.5 Å². The summed E-state index contributed by atoms with van der Waals surface area (Å²) in [6, 6.07) is 1.01. The van der Waals surface area contributed by atoms with Gasteiger partial charge in [-0.1, -0.05) is 6.92 Å². The van der Waals surface area contributed by atoms with Crippen LogP contribution in [0, 0.1) is 0 Å². The van der Waals surface area contributed by atoms with Crippen LogP contribution in [0.1, 0.15) is 40.0 Å². The highest BCUT2D eigenvalue weighted by Crippen LogP contribution is 1.93. The maximum atomic E-state index is 5.61. The molecule has 0 aliphatic heterocycles. The summed E-state index contributed by atoms with van der Waals surface area (Å²) < 4.78 is 0. The largest absolute Gasteiger partial charge is 0.328 e. The molecule has 2 nitrogen and oxygen atoms in total. The van der Waals surface area contributed by atoms with E-state index in [1.165, 1.54) is 12.8 Å². The Balaban J connectivity index is 3.01. The van der Waals surface area contributed by atoms with Crippen LogP contribution in [-0.2, 0) is 0 Å². The first-order chi connectivity index (χ1) is 5.16. The van der Waals surface area contributed by atoms with Gasteiger partial charge in [0, 0.05) is 12.1 Å². The Kier molecular flexibility index (Phi) is 6.57. The lowest BCUT2D eigenvalue weighted by Gasteiger charge is -2.11. The molecule has 0 rings (SSSR count). The number of nitrogens with two attached hydrogens (primary N) is 1. The Morgan fingerprint density at radius 2 is 2.00 bits per heavy atom. The van der Waals surface area contributed by atoms with Crippen LogP contribution in [0.15, 0.2) is 0 Å². The molecule has 0 radical (unpaired) electrons.